The number of anilines is 1. The van der Waals surface area contributed by atoms with Crippen molar-refractivity contribution < 1.29 is 4.79 Å². The summed E-state index contributed by atoms with van der Waals surface area (Å²) in [7, 11) is 0. The van der Waals surface area contributed by atoms with Crippen molar-refractivity contribution in [2.45, 2.75) is 33.2 Å². The van der Waals surface area contributed by atoms with E-state index in [-0.39, 0.29) is 12.1 Å². The number of carbonyl (C=O) groups is 1. The fourth-order valence-electron chi connectivity index (χ4n) is 2.24. The minimum absolute atomic E-state index is 0.0283. The molecular weight excluding hydrogens is 260 g/mol. The molecule has 0 radical (unpaired) electrons. The molecule has 2 amide bonds. The number of rotatable bonds is 4. The molecule has 0 unspecified atom stereocenters. The molecule has 0 aliphatic rings. The van der Waals surface area contributed by atoms with Crippen molar-refractivity contribution in [3.05, 3.63) is 65.2 Å². The van der Waals surface area contributed by atoms with E-state index in [4.69, 9.17) is 0 Å². The van der Waals surface area contributed by atoms with E-state index >= 15 is 0 Å². The Kier molecular flexibility index (Phi) is 4.99. The molecule has 2 N–H and O–H groups in total. The van der Waals surface area contributed by atoms with Gasteiger partial charge in [0.2, 0.25) is 0 Å². The molecule has 0 heterocycles. The SMILES string of the molecule is CCc1ccccc1NC(=O)N[C@H](C)c1ccc(C)cc1. The zero-order valence-corrected chi connectivity index (χ0v) is 12.8. The molecule has 0 aliphatic carbocycles. The first kappa shape index (κ1) is 15.1. The van der Waals surface area contributed by atoms with E-state index in [0.717, 1.165) is 23.2 Å². The molecule has 3 nitrogen and oxygen atoms in total. The van der Waals surface area contributed by atoms with Crippen LogP contribution in [0.15, 0.2) is 48.5 Å². The lowest BCUT2D eigenvalue weighted by molar-refractivity contribution is 0.249. The molecule has 0 bridgehead atoms. The van der Waals surface area contributed by atoms with Crippen molar-refractivity contribution in [2.75, 3.05) is 5.32 Å². The fourth-order valence-corrected chi connectivity index (χ4v) is 2.24. The van der Waals surface area contributed by atoms with Gasteiger partial charge in [-0.25, -0.2) is 4.79 Å². The van der Waals surface area contributed by atoms with Crippen LogP contribution in [0.5, 0.6) is 0 Å². The summed E-state index contributed by atoms with van der Waals surface area (Å²) in [6.45, 7) is 6.11. The minimum atomic E-state index is -0.177. The molecule has 110 valence electrons. The van der Waals surface area contributed by atoms with Crippen molar-refractivity contribution in [3.63, 3.8) is 0 Å². The Bertz CT molecular complexity index is 605. The van der Waals surface area contributed by atoms with Gasteiger partial charge in [-0.05, 0) is 37.5 Å². The van der Waals surface area contributed by atoms with E-state index in [1.165, 1.54) is 5.56 Å². The molecular formula is C18H22N2O. The molecule has 0 spiro atoms. The van der Waals surface area contributed by atoms with Gasteiger partial charge in [-0.1, -0.05) is 55.0 Å². The largest absolute Gasteiger partial charge is 0.331 e. The second-order valence-corrected chi connectivity index (χ2v) is 5.24. The average molecular weight is 282 g/mol. The number of para-hydroxylation sites is 1. The van der Waals surface area contributed by atoms with Gasteiger partial charge in [0.05, 0.1) is 6.04 Å². The summed E-state index contributed by atoms with van der Waals surface area (Å²) >= 11 is 0. The van der Waals surface area contributed by atoms with E-state index in [1.54, 1.807) is 0 Å². The topological polar surface area (TPSA) is 41.1 Å². The summed E-state index contributed by atoms with van der Waals surface area (Å²) in [5, 5.41) is 5.89. The maximum Gasteiger partial charge on any atom is 0.319 e. The Morgan fingerprint density at radius 1 is 1.10 bits per heavy atom. The zero-order valence-electron chi connectivity index (χ0n) is 12.8. The molecule has 3 heteroatoms. The summed E-state index contributed by atoms with van der Waals surface area (Å²) in [4.78, 5) is 12.1. The first-order chi connectivity index (χ1) is 10.1. The normalized spacial score (nSPS) is 11.8. The Morgan fingerprint density at radius 2 is 1.76 bits per heavy atom. The van der Waals surface area contributed by atoms with Crippen molar-refractivity contribution in [1.82, 2.24) is 5.32 Å². The molecule has 0 saturated carbocycles. The summed E-state index contributed by atoms with van der Waals surface area (Å²) in [6.07, 6.45) is 0.893. The first-order valence-corrected chi connectivity index (χ1v) is 7.32. The van der Waals surface area contributed by atoms with Crippen LogP contribution in [0, 0.1) is 6.92 Å². The quantitative estimate of drug-likeness (QED) is 0.855. The lowest BCUT2D eigenvalue weighted by Crippen LogP contribution is -2.31. The number of amides is 2. The van der Waals surface area contributed by atoms with Gasteiger partial charge in [0, 0.05) is 5.69 Å². The standard InChI is InChI=1S/C18H22N2O/c1-4-15-7-5-6-8-17(15)20-18(21)19-14(3)16-11-9-13(2)10-12-16/h5-12,14H,4H2,1-3H3,(H2,19,20,21)/t14-/m1/s1. The number of aryl methyl sites for hydroxylation is 2. The Balaban J connectivity index is 1.99. The maximum absolute atomic E-state index is 12.1. The molecule has 0 aromatic heterocycles. The third-order valence-electron chi connectivity index (χ3n) is 3.57. The molecule has 0 fully saturated rings. The highest BCUT2D eigenvalue weighted by atomic mass is 16.2. The smallest absolute Gasteiger partial charge is 0.319 e. The number of hydrogen-bond donors (Lipinski definition) is 2. The Labute approximate surface area is 126 Å². The van der Waals surface area contributed by atoms with Crippen LogP contribution in [0.2, 0.25) is 0 Å². The van der Waals surface area contributed by atoms with Crippen molar-refractivity contribution >= 4 is 11.7 Å². The molecule has 1 atom stereocenters. The Morgan fingerprint density at radius 3 is 2.43 bits per heavy atom. The summed E-state index contributed by atoms with van der Waals surface area (Å²) in [5.74, 6) is 0. The van der Waals surface area contributed by atoms with E-state index in [9.17, 15) is 4.79 Å². The second-order valence-electron chi connectivity index (χ2n) is 5.24. The summed E-state index contributed by atoms with van der Waals surface area (Å²) < 4.78 is 0. The van der Waals surface area contributed by atoms with Gasteiger partial charge in [-0.2, -0.15) is 0 Å². The molecule has 0 aliphatic heterocycles. The molecule has 2 rings (SSSR count). The zero-order chi connectivity index (χ0) is 15.2. The van der Waals surface area contributed by atoms with Crippen LogP contribution < -0.4 is 10.6 Å². The monoisotopic (exact) mass is 282 g/mol. The van der Waals surface area contributed by atoms with E-state index in [2.05, 4.69) is 36.6 Å². The van der Waals surface area contributed by atoms with Gasteiger partial charge in [0.25, 0.3) is 0 Å². The van der Waals surface area contributed by atoms with Crippen LogP contribution >= 0.6 is 0 Å². The Hall–Kier alpha value is -2.29. The predicted molar refractivity (Wildman–Crippen MR) is 87.6 cm³/mol. The van der Waals surface area contributed by atoms with Gasteiger partial charge in [0.1, 0.15) is 0 Å². The van der Waals surface area contributed by atoms with Crippen LogP contribution in [0.25, 0.3) is 0 Å². The lowest BCUT2D eigenvalue weighted by atomic mass is 10.1. The predicted octanol–water partition coefficient (Wildman–Crippen LogP) is 4.44. The lowest BCUT2D eigenvalue weighted by Gasteiger charge is -2.16. The van der Waals surface area contributed by atoms with Gasteiger partial charge in [-0.15, -0.1) is 0 Å². The molecule has 2 aromatic carbocycles. The van der Waals surface area contributed by atoms with E-state index < -0.39 is 0 Å². The molecule has 2 aromatic rings. The second kappa shape index (κ2) is 6.93. The van der Waals surface area contributed by atoms with Gasteiger partial charge < -0.3 is 10.6 Å². The minimum Gasteiger partial charge on any atom is -0.331 e. The highest BCUT2D eigenvalue weighted by Crippen LogP contribution is 2.17. The fraction of sp³-hybridized carbons (Fsp3) is 0.278. The third kappa shape index (κ3) is 4.09. The summed E-state index contributed by atoms with van der Waals surface area (Å²) in [5.41, 5.74) is 4.32. The number of nitrogens with one attached hydrogen (secondary N) is 2. The van der Waals surface area contributed by atoms with Crippen molar-refractivity contribution in [3.8, 4) is 0 Å². The van der Waals surface area contributed by atoms with E-state index in [0.29, 0.717) is 0 Å². The van der Waals surface area contributed by atoms with Crippen LogP contribution in [0.4, 0.5) is 10.5 Å². The van der Waals surface area contributed by atoms with Crippen molar-refractivity contribution in [1.29, 1.82) is 0 Å². The number of carbonyl (C=O) groups excluding carboxylic acids is 1. The molecule has 21 heavy (non-hydrogen) atoms. The van der Waals surface area contributed by atoms with Gasteiger partial charge in [-0.3, -0.25) is 0 Å². The van der Waals surface area contributed by atoms with Crippen LogP contribution in [-0.2, 0) is 6.42 Å². The first-order valence-electron chi connectivity index (χ1n) is 7.32. The third-order valence-corrected chi connectivity index (χ3v) is 3.57. The molecule has 0 saturated heterocycles. The summed E-state index contributed by atoms with van der Waals surface area (Å²) in [6, 6.07) is 15.8. The highest BCUT2D eigenvalue weighted by Gasteiger charge is 2.10. The van der Waals surface area contributed by atoms with Crippen LogP contribution in [-0.4, -0.2) is 6.03 Å². The van der Waals surface area contributed by atoms with Crippen LogP contribution in [0.1, 0.15) is 36.6 Å². The van der Waals surface area contributed by atoms with Gasteiger partial charge >= 0.3 is 6.03 Å². The van der Waals surface area contributed by atoms with E-state index in [1.807, 2.05) is 43.3 Å². The van der Waals surface area contributed by atoms with Crippen LogP contribution in [0.3, 0.4) is 0 Å². The maximum atomic E-state index is 12.1. The number of urea groups is 1. The number of hydrogen-bond acceptors (Lipinski definition) is 1. The van der Waals surface area contributed by atoms with Crippen molar-refractivity contribution in [2.24, 2.45) is 0 Å². The average Bonchev–Trinajstić information content (AvgIpc) is 2.48. The number of benzene rings is 2. The van der Waals surface area contributed by atoms with Gasteiger partial charge in [0.15, 0.2) is 0 Å². The highest BCUT2D eigenvalue weighted by molar-refractivity contribution is 5.90.